The molecule has 0 rings (SSSR count). The van der Waals surface area contributed by atoms with Gasteiger partial charge in [0.25, 0.3) is 0 Å². The maximum atomic E-state index is 10.1. The average Bonchev–Trinajstić information content (AvgIpc) is 1.63. The van der Waals surface area contributed by atoms with Crippen LogP contribution >= 0.6 is 0 Å². The number of carbonyl (C=O) groups excluding carboxylic acids is 2. The second-order valence-corrected chi connectivity index (χ2v) is 1.43. The molecule has 0 amide bonds. The zero-order chi connectivity index (χ0) is 7.28. The van der Waals surface area contributed by atoms with Crippen LogP contribution in [0.3, 0.4) is 0 Å². The number of isocyanates is 1. The van der Waals surface area contributed by atoms with Gasteiger partial charge in [-0.15, -0.1) is 0 Å². The number of rotatable bonds is 2. The summed E-state index contributed by atoms with van der Waals surface area (Å²) in [5.41, 5.74) is 0. The summed E-state index contributed by atoms with van der Waals surface area (Å²) >= 11 is 0. The lowest BCUT2D eigenvalue weighted by molar-refractivity contribution is -0.144. The monoisotopic (exact) mass is 129 g/mol. The molecule has 0 heterocycles. The van der Waals surface area contributed by atoms with E-state index >= 15 is 0 Å². The van der Waals surface area contributed by atoms with E-state index in [1.54, 1.807) is 0 Å². The van der Waals surface area contributed by atoms with Gasteiger partial charge in [0, 0.05) is 6.92 Å². The van der Waals surface area contributed by atoms with Crippen molar-refractivity contribution in [3.8, 4) is 0 Å². The molecule has 0 radical (unpaired) electrons. The number of aliphatic imine (C=N–C) groups is 1. The molecule has 0 bridgehead atoms. The van der Waals surface area contributed by atoms with E-state index in [9.17, 15) is 9.59 Å². The normalized spacial score (nSPS) is 11.3. The summed E-state index contributed by atoms with van der Waals surface area (Å²) in [6, 6.07) is 0. The lowest BCUT2D eigenvalue weighted by Crippen LogP contribution is -2.08. The van der Waals surface area contributed by atoms with Gasteiger partial charge in [0.15, 0.2) is 0 Å². The van der Waals surface area contributed by atoms with E-state index in [2.05, 4.69) is 9.73 Å². The van der Waals surface area contributed by atoms with E-state index in [-0.39, 0.29) is 0 Å². The van der Waals surface area contributed by atoms with Crippen molar-refractivity contribution in [2.24, 2.45) is 4.99 Å². The molecule has 50 valence electrons. The van der Waals surface area contributed by atoms with Gasteiger partial charge in [-0.3, -0.25) is 4.79 Å². The van der Waals surface area contributed by atoms with Crippen LogP contribution in [0.4, 0.5) is 0 Å². The smallest absolute Gasteiger partial charge is 0.304 e. The number of esters is 1. The van der Waals surface area contributed by atoms with E-state index in [0.717, 1.165) is 0 Å². The zero-order valence-electron chi connectivity index (χ0n) is 5.25. The molecule has 0 aliphatic rings. The molecule has 0 spiro atoms. The SMILES string of the molecule is CC(=O)OC(C)N=C=O. The third kappa shape index (κ3) is 4.71. The third-order valence-electron chi connectivity index (χ3n) is 0.571. The molecular formula is C5H7NO3. The Kier molecular flexibility index (Phi) is 3.32. The molecule has 4 heteroatoms. The Morgan fingerprint density at radius 1 is 1.78 bits per heavy atom. The molecular weight excluding hydrogens is 122 g/mol. The molecule has 0 aromatic heterocycles. The van der Waals surface area contributed by atoms with Crippen molar-refractivity contribution in [3.63, 3.8) is 0 Å². The fourth-order valence-electron chi connectivity index (χ4n) is 0.341. The minimum Gasteiger partial charge on any atom is -0.439 e. The van der Waals surface area contributed by atoms with Crippen LogP contribution in [0, 0.1) is 0 Å². The number of nitrogens with zero attached hydrogens (tertiary/aromatic N) is 1. The highest BCUT2D eigenvalue weighted by atomic mass is 16.6. The molecule has 0 aromatic carbocycles. The maximum absolute atomic E-state index is 10.1. The van der Waals surface area contributed by atoms with Crippen molar-refractivity contribution >= 4 is 12.0 Å². The van der Waals surface area contributed by atoms with E-state index in [1.165, 1.54) is 19.9 Å². The van der Waals surface area contributed by atoms with Gasteiger partial charge in [-0.05, 0) is 6.92 Å². The minimum atomic E-state index is -0.708. The predicted octanol–water partition coefficient (Wildman–Crippen LogP) is 0.231. The Bertz CT molecular complexity index is 148. The fourth-order valence-corrected chi connectivity index (χ4v) is 0.341. The van der Waals surface area contributed by atoms with Crippen LogP contribution < -0.4 is 0 Å². The van der Waals surface area contributed by atoms with Gasteiger partial charge in [0.2, 0.25) is 12.3 Å². The highest BCUT2D eigenvalue weighted by Gasteiger charge is 1.99. The highest BCUT2D eigenvalue weighted by molar-refractivity contribution is 5.66. The predicted molar refractivity (Wildman–Crippen MR) is 29.3 cm³/mol. The number of hydrogen-bond donors (Lipinski definition) is 0. The fraction of sp³-hybridized carbons (Fsp3) is 0.600. The molecule has 0 aromatic rings. The van der Waals surface area contributed by atoms with Crippen LogP contribution in [0.2, 0.25) is 0 Å². The summed E-state index contributed by atoms with van der Waals surface area (Å²) < 4.78 is 4.42. The standard InChI is InChI=1S/C5H7NO3/c1-4(6-3-7)9-5(2)8/h4H,1-2H3. The van der Waals surface area contributed by atoms with Crippen LogP contribution in [0.5, 0.6) is 0 Å². The van der Waals surface area contributed by atoms with Gasteiger partial charge in [0.1, 0.15) is 0 Å². The van der Waals surface area contributed by atoms with Crippen LogP contribution in [0.25, 0.3) is 0 Å². The summed E-state index contributed by atoms with van der Waals surface area (Å²) in [4.78, 5) is 22.7. The molecule has 1 atom stereocenters. The van der Waals surface area contributed by atoms with Gasteiger partial charge < -0.3 is 4.74 Å². The average molecular weight is 129 g/mol. The first-order valence-electron chi connectivity index (χ1n) is 2.41. The van der Waals surface area contributed by atoms with Gasteiger partial charge >= 0.3 is 5.97 Å². The molecule has 1 unspecified atom stereocenters. The van der Waals surface area contributed by atoms with Gasteiger partial charge in [-0.25, -0.2) is 4.79 Å². The lowest BCUT2D eigenvalue weighted by Gasteiger charge is -2.01. The summed E-state index contributed by atoms with van der Waals surface area (Å²) in [6.45, 7) is 2.73. The van der Waals surface area contributed by atoms with Crippen LogP contribution in [0.1, 0.15) is 13.8 Å². The van der Waals surface area contributed by atoms with Gasteiger partial charge in [0.05, 0.1) is 0 Å². The topological polar surface area (TPSA) is 55.7 Å². The maximum Gasteiger partial charge on any atom is 0.304 e. The van der Waals surface area contributed by atoms with Gasteiger partial charge in [-0.1, -0.05) is 0 Å². The molecule has 0 aliphatic heterocycles. The first-order chi connectivity index (χ1) is 4.16. The second kappa shape index (κ2) is 3.80. The number of carbonyl (C=O) groups is 1. The van der Waals surface area contributed by atoms with Crippen molar-refractivity contribution in [3.05, 3.63) is 0 Å². The Morgan fingerprint density at radius 2 is 2.33 bits per heavy atom. The number of ether oxygens (including phenoxy) is 1. The quantitative estimate of drug-likeness (QED) is 0.304. The third-order valence-corrected chi connectivity index (χ3v) is 0.571. The molecule has 0 N–H and O–H groups in total. The molecule has 0 saturated heterocycles. The molecule has 0 saturated carbocycles. The second-order valence-electron chi connectivity index (χ2n) is 1.43. The summed E-state index contributed by atoms with van der Waals surface area (Å²) in [5, 5.41) is 0. The van der Waals surface area contributed by atoms with Crippen LogP contribution in [-0.2, 0) is 14.3 Å². The minimum absolute atomic E-state index is 0.457. The molecule has 9 heavy (non-hydrogen) atoms. The largest absolute Gasteiger partial charge is 0.439 e. The van der Waals surface area contributed by atoms with Crippen LogP contribution in [0.15, 0.2) is 4.99 Å². The Balaban J connectivity index is 3.62. The van der Waals surface area contributed by atoms with Crippen molar-refractivity contribution < 1.29 is 14.3 Å². The first kappa shape index (κ1) is 7.85. The van der Waals surface area contributed by atoms with Crippen molar-refractivity contribution in [2.45, 2.75) is 20.1 Å². The summed E-state index contributed by atoms with van der Waals surface area (Å²) in [6.07, 6.45) is 0.562. The van der Waals surface area contributed by atoms with Crippen molar-refractivity contribution in [1.29, 1.82) is 0 Å². The molecule has 0 aliphatic carbocycles. The van der Waals surface area contributed by atoms with Crippen molar-refractivity contribution in [1.82, 2.24) is 0 Å². The van der Waals surface area contributed by atoms with E-state index < -0.39 is 12.2 Å². The van der Waals surface area contributed by atoms with Crippen molar-refractivity contribution in [2.75, 3.05) is 0 Å². The highest BCUT2D eigenvalue weighted by Crippen LogP contribution is 1.89. The lowest BCUT2D eigenvalue weighted by atomic mass is 10.7. The zero-order valence-corrected chi connectivity index (χ0v) is 5.25. The summed E-state index contributed by atoms with van der Waals surface area (Å²) in [5.74, 6) is -0.457. The Morgan fingerprint density at radius 3 is 2.67 bits per heavy atom. The number of hydrogen-bond acceptors (Lipinski definition) is 4. The van der Waals surface area contributed by atoms with E-state index in [1.807, 2.05) is 0 Å². The van der Waals surface area contributed by atoms with E-state index in [4.69, 9.17) is 0 Å². The van der Waals surface area contributed by atoms with Gasteiger partial charge in [-0.2, -0.15) is 4.99 Å². The first-order valence-corrected chi connectivity index (χ1v) is 2.41. The summed E-state index contributed by atoms with van der Waals surface area (Å²) in [7, 11) is 0. The molecule has 0 fully saturated rings. The molecule has 4 nitrogen and oxygen atoms in total. The van der Waals surface area contributed by atoms with Crippen LogP contribution in [-0.4, -0.2) is 18.3 Å². The Hall–Kier alpha value is -1.15. The Labute approximate surface area is 52.5 Å². The van der Waals surface area contributed by atoms with E-state index in [0.29, 0.717) is 0 Å².